The molecule has 1 N–H and O–H groups in total. The summed E-state index contributed by atoms with van der Waals surface area (Å²) in [5.41, 5.74) is 1.33. The number of carbonyl (C=O) groups excluding carboxylic acids is 1. The zero-order chi connectivity index (χ0) is 16.9. The Labute approximate surface area is 142 Å². The molecule has 4 rings (SSSR count). The van der Waals surface area contributed by atoms with E-state index in [-0.39, 0.29) is 18.4 Å². The Bertz CT molecular complexity index is 805. The molecule has 0 aromatic heterocycles. The van der Waals surface area contributed by atoms with Gasteiger partial charge in [-0.15, -0.1) is 0 Å². The lowest BCUT2D eigenvalue weighted by molar-refractivity contribution is -0.125. The standard InChI is InChI=1S/C17H21N3O3S/c1-19-15-4-2-3-5-16(15)20(24(19,22)23)9-8-18-17(21)14-11-12-6-7-13(14)10-12/h2-7,12-14H,8-11H2,1H3,(H,18,21)/t12-,13-,14-/m0/s1. The molecule has 0 unspecified atom stereocenters. The van der Waals surface area contributed by atoms with E-state index in [0.29, 0.717) is 29.8 Å². The molecule has 0 radical (unpaired) electrons. The van der Waals surface area contributed by atoms with Gasteiger partial charge in [0.2, 0.25) is 5.91 Å². The number of fused-ring (bicyclic) bond motifs is 3. The predicted octanol–water partition coefficient (Wildman–Crippen LogP) is 1.52. The van der Waals surface area contributed by atoms with Gasteiger partial charge in [0.15, 0.2) is 0 Å². The van der Waals surface area contributed by atoms with Gasteiger partial charge in [-0.05, 0) is 36.8 Å². The van der Waals surface area contributed by atoms with Crippen molar-refractivity contribution in [2.45, 2.75) is 12.8 Å². The van der Waals surface area contributed by atoms with Gasteiger partial charge in [0, 0.05) is 19.5 Å². The van der Waals surface area contributed by atoms with E-state index in [0.717, 1.165) is 12.8 Å². The number of benzene rings is 1. The molecule has 0 saturated heterocycles. The summed E-state index contributed by atoms with van der Waals surface area (Å²) in [6.07, 6.45) is 6.35. The maximum absolute atomic E-state index is 12.5. The zero-order valence-electron chi connectivity index (χ0n) is 13.6. The fraction of sp³-hybridized carbons (Fsp3) is 0.471. The molecule has 1 saturated carbocycles. The number of carbonyl (C=O) groups is 1. The smallest absolute Gasteiger partial charge is 0.326 e. The minimum atomic E-state index is -3.55. The highest BCUT2D eigenvalue weighted by molar-refractivity contribution is 7.94. The molecule has 2 bridgehead atoms. The number of hydrogen-bond acceptors (Lipinski definition) is 3. The molecule has 3 atom stereocenters. The number of nitrogens with zero attached hydrogens (tertiary/aromatic N) is 2. The van der Waals surface area contributed by atoms with Gasteiger partial charge < -0.3 is 5.32 Å². The van der Waals surface area contributed by atoms with Crippen LogP contribution < -0.4 is 13.9 Å². The summed E-state index contributed by atoms with van der Waals surface area (Å²) in [6, 6.07) is 7.21. The molecule has 0 spiro atoms. The van der Waals surface area contributed by atoms with Crippen molar-refractivity contribution >= 4 is 27.5 Å². The highest BCUT2D eigenvalue weighted by Gasteiger charge is 2.40. The number of rotatable bonds is 4. The first-order valence-corrected chi connectivity index (χ1v) is 9.70. The minimum Gasteiger partial charge on any atom is -0.354 e. The maximum atomic E-state index is 12.5. The van der Waals surface area contributed by atoms with Crippen LogP contribution in [-0.2, 0) is 15.0 Å². The third-order valence-corrected chi connectivity index (χ3v) is 7.17. The molecule has 7 heteroatoms. The number of allylic oxidation sites excluding steroid dienone is 2. The lowest BCUT2D eigenvalue weighted by Gasteiger charge is -2.21. The topological polar surface area (TPSA) is 69.7 Å². The number of nitrogens with one attached hydrogen (secondary N) is 1. The second-order valence-corrected chi connectivity index (χ2v) is 8.60. The van der Waals surface area contributed by atoms with E-state index in [2.05, 4.69) is 17.5 Å². The van der Waals surface area contributed by atoms with E-state index in [9.17, 15) is 13.2 Å². The van der Waals surface area contributed by atoms with Crippen LogP contribution in [0.15, 0.2) is 36.4 Å². The summed E-state index contributed by atoms with van der Waals surface area (Å²) in [5.74, 6) is 0.998. The monoisotopic (exact) mass is 347 g/mol. The molecular formula is C17H21N3O3S. The third-order valence-electron chi connectivity index (χ3n) is 5.34. The Morgan fingerprint density at radius 1 is 1.21 bits per heavy atom. The van der Waals surface area contributed by atoms with Crippen LogP contribution in [0.2, 0.25) is 0 Å². The first-order valence-electron chi connectivity index (χ1n) is 8.30. The van der Waals surface area contributed by atoms with Crippen LogP contribution in [0, 0.1) is 17.8 Å². The van der Waals surface area contributed by atoms with Crippen LogP contribution in [0.4, 0.5) is 11.4 Å². The van der Waals surface area contributed by atoms with Crippen molar-refractivity contribution in [3.8, 4) is 0 Å². The Morgan fingerprint density at radius 2 is 1.96 bits per heavy atom. The second kappa shape index (κ2) is 5.51. The number of anilines is 2. The number of para-hydroxylation sites is 2. The van der Waals surface area contributed by atoms with Gasteiger partial charge in [0.1, 0.15) is 0 Å². The summed E-state index contributed by atoms with van der Waals surface area (Å²) in [4.78, 5) is 12.4. The lowest BCUT2D eigenvalue weighted by Crippen LogP contribution is -2.42. The van der Waals surface area contributed by atoms with E-state index >= 15 is 0 Å². The van der Waals surface area contributed by atoms with Crippen molar-refractivity contribution in [3.05, 3.63) is 36.4 Å². The summed E-state index contributed by atoms with van der Waals surface area (Å²) < 4.78 is 27.7. The molecule has 1 aromatic carbocycles. The van der Waals surface area contributed by atoms with Crippen LogP contribution in [0.25, 0.3) is 0 Å². The Hall–Kier alpha value is -2.02. The molecule has 24 heavy (non-hydrogen) atoms. The molecular weight excluding hydrogens is 326 g/mol. The highest BCUT2D eigenvalue weighted by atomic mass is 32.2. The van der Waals surface area contributed by atoms with E-state index in [1.165, 1.54) is 8.61 Å². The number of amides is 1. The zero-order valence-corrected chi connectivity index (χ0v) is 14.4. The van der Waals surface area contributed by atoms with Crippen LogP contribution in [0.3, 0.4) is 0 Å². The Kier molecular flexibility index (Phi) is 3.56. The SMILES string of the molecule is CN1c2ccccc2N(CCNC(=O)[C@H]2C[C@H]3C=C[C@H]2C3)S1(=O)=O. The summed E-state index contributed by atoms with van der Waals surface area (Å²) >= 11 is 0. The fourth-order valence-corrected chi connectivity index (χ4v) is 5.49. The molecule has 128 valence electrons. The van der Waals surface area contributed by atoms with Gasteiger partial charge in [0.25, 0.3) is 0 Å². The highest BCUT2D eigenvalue weighted by Crippen LogP contribution is 2.43. The molecule has 1 aliphatic heterocycles. The molecule has 2 aliphatic carbocycles. The first kappa shape index (κ1) is 15.5. The van der Waals surface area contributed by atoms with Crippen LogP contribution in [0.5, 0.6) is 0 Å². The van der Waals surface area contributed by atoms with E-state index in [1.54, 1.807) is 19.2 Å². The molecule has 6 nitrogen and oxygen atoms in total. The van der Waals surface area contributed by atoms with Crippen LogP contribution in [0.1, 0.15) is 12.8 Å². The van der Waals surface area contributed by atoms with Crippen LogP contribution in [-0.4, -0.2) is 34.5 Å². The van der Waals surface area contributed by atoms with Crippen molar-refractivity contribution in [1.29, 1.82) is 0 Å². The number of hydrogen-bond donors (Lipinski definition) is 1. The molecule has 3 aliphatic rings. The Balaban J connectivity index is 1.41. The van der Waals surface area contributed by atoms with Crippen molar-refractivity contribution in [2.75, 3.05) is 28.7 Å². The average molecular weight is 347 g/mol. The maximum Gasteiger partial charge on any atom is 0.326 e. The molecule has 1 heterocycles. The summed E-state index contributed by atoms with van der Waals surface area (Å²) in [5, 5.41) is 2.92. The fourth-order valence-electron chi connectivity index (χ4n) is 4.07. The van der Waals surface area contributed by atoms with E-state index < -0.39 is 10.2 Å². The predicted molar refractivity (Wildman–Crippen MR) is 93.0 cm³/mol. The third kappa shape index (κ3) is 2.30. The van der Waals surface area contributed by atoms with Crippen molar-refractivity contribution < 1.29 is 13.2 Å². The van der Waals surface area contributed by atoms with Gasteiger partial charge in [-0.3, -0.25) is 9.10 Å². The van der Waals surface area contributed by atoms with Crippen molar-refractivity contribution in [1.82, 2.24) is 5.32 Å². The van der Waals surface area contributed by atoms with E-state index in [4.69, 9.17) is 0 Å². The summed E-state index contributed by atoms with van der Waals surface area (Å²) in [7, 11) is -2.00. The van der Waals surface area contributed by atoms with Crippen molar-refractivity contribution in [2.24, 2.45) is 17.8 Å². The van der Waals surface area contributed by atoms with E-state index in [1.807, 2.05) is 12.1 Å². The van der Waals surface area contributed by atoms with Gasteiger partial charge in [-0.25, -0.2) is 4.31 Å². The second-order valence-electron chi connectivity index (χ2n) is 6.71. The van der Waals surface area contributed by atoms with Crippen molar-refractivity contribution in [3.63, 3.8) is 0 Å². The molecule has 1 aromatic rings. The summed E-state index contributed by atoms with van der Waals surface area (Å²) in [6.45, 7) is 0.559. The normalized spacial score (nSPS) is 29.1. The van der Waals surface area contributed by atoms with Gasteiger partial charge in [0.05, 0.1) is 17.9 Å². The van der Waals surface area contributed by atoms with Crippen LogP contribution >= 0.6 is 0 Å². The quantitative estimate of drug-likeness (QED) is 0.840. The Morgan fingerprint density at radius 3 is 2.62 bits per heavy atom. The van der Waals surface area contributed by atoms with Gasteiger partial charge >= 0.3 is 10.2 Å². The molecule has 1 amide bonds. The van der Waals surface area contributed by atoms with Gasteiger partial charge in [-0.2, -0.15) is 8.42 Å². The lowest BCUT2D eigenvalue weighted by atomic mass is 9.93. The molecule has 1 fully saturated rings. The minimum absolute atomic E-state index is 0.0464. The largest absolute Gasteiger partial charge is 0.354 e. The van der Waals surface area contributed by atoms with Gasteiger partial charge in [-0.1, -0.05) is 24.3 Å². The first-order chi connectivity index (χ1) is 11.5. The average Bonchev–Trinajstić information content (AvgIpc) is 3.24.